The van der Waals surface area contributed by atoms with E-state index in [2.05, 4.69) is 43.5 Å². The van der Waals surface area contributed by atoms with Crippen molar-refractivity contribution in [3.05, 3.63) is 0 Å². The van der Waals surface area contributed by atoms with Crippen LogP contribution in [0.1, 0.15) is 53.9 Å². The second kappa shape index (κ2) is 7.64. The maximum atomic E-state index is 11.8. The predicted molar refractivity (Wildman–Crippen MR) is 91.1 cm³/mol. The van der Waals surface area contributed by atoms with E-state index < -0.39 is 5.60 Å². The molecule has 0 aromatic heterocycles. The lowest BCUT2D eigenvalue weighted by atomic mass is 9.92. The van der Waals surface area contributed by atoms with Gasteiger partial charge in [-0.15, -0.1) is 0 Å². The molecule has 1 rings (SSSR count). The Balaban J connectivity index is 2.30. The molecule has 0 aromatic carbocycles. The van der Waals surface area contributed by atoms with Crippen molar-refractivity contribution in [2.24, 2.45) is 5.41 Å². The molecule has 1 aliphatic carbocycles. The summed E-state index contributed by atoms with van der Waals surface area (Å²) in [6.45, 7) is 12.3. The lowest BCUT2D eigenvalue weighted by Crippen LogP contribution is -2.42. The molecule has 2 unspecified atom stereocenters. The Kier molecular flexibility index (Phi) is 6.68. The average molecular weight is 313 g/mol. The summed E-state index contributed by atoms with van der Waals surface area (Å²) < 4.78 is 5.32. The summed E-state index contributed by atoms with van der Waals surface area (Å²) >= 11 is 0. The van der Waals surface area contributed by atoms with Crippen LogP contribution in [0.15, 0.2) is 0 Å². The van der Waals surface area contributed by atoms with Gasteiger partial charge in [0.05, 0.1) is 0 Å². The van der Waals surface area contributed by atoms with E-state index in [0.717, 1.165) is 32.4 Å². The number of carbonyl (C=O) groups excluding carboxylic acids is 1. The molecular weight excluding hydrogens is 278 g/mol. The van der Waals surface area contributed by atoms with Gasteiger partial charge in [0.2, 0.25) is 0 Å². The molecule has 2 atom stereocenters. The maximum Gasteiger partial charge on any atom is 0.407 e. The Morgan fingerprint density at radius 2 is 1.73 bits per heavy atom. The highest BCUT2D eigenvalue weighted by Gasteiger charge is 2.29. The van der Waals surface area contributed by atoms with Gasteiger partial charge in [0, 0.05) is 25.2 Å². The highest BCUT2D eigenvalue weighted by atomic mass is 16.6. The fraction of sp³-hybridized carbons (Fsp3) is 0.941. The molecule has 0 bridgehead atoms. The predicted octanol–water partition coefficient (Wildman–Crippen LogP) is 2.61. The first-order valence-electron chi connectivity index (χ1n) is 8.34. The van der Waals surface area contributed by atoms with E-state index in [1.807, 2.05) is 20.8 Å². The third-order valence-electron chi connectivity index (χ3n) is 3.77. The molecule has 0 spiro atoms. The van der Waals surface area contributed by atoms with E-state index in [-0.39, 0.29) is 17.6 Å². The molecule has 5 nitrogen and oxygen atoms in total. The van der Waals surface area contributed by atoms with Gasteiger partial charge in [-0.1, -0.05) is 13.8 Å². The van der Waals surface area contributed by atoms with Crippen LogP contribution in [0, 0.1) is 5.41 Å². The SMILES string of the molecule is CN(C)CC(C)(C)CNC1CCC(NC(=O)OC(C)(C)C)C1. The van der Waals surface area contributed by atoms with Gasteiger partial charge in [0.25, 0.3) is 0 Å². The smallest absolute Gasteiger partial charge is 0.407 e. The van der Waals surface area contributed by atoms with Gasteiger partial charge in [-0.3, -0.25) is 0 Å². The van der Waals surface area contributed by atoms with Crippen LogP contribution < -0.4 is 10.6 Å². The van der Waals surface area contributed by atoms with Crippen molar-refractivity contribution in [1.29, 1.82) is 0 Å². The third kappa shape index (κ3) is 7.99. The topological polar surface area (TPSA) is 53.6 Å². The van der Waals surface area contributed by atoms with Crippen LogP contribution in [0.5, 0.6) is 0 Å². The molecule has 0 aromatic rings. The molecule has 0 aliphatic heterocycles. The van der Waals surface area contributed by atoms with Gasteiger partial charge >= 0.3 is 6.09 Å². The number of carbonyl (C=O) groups is 1. The zero-order valence-electron chi connectivity index (χ0n) is 15.5. The van der Waals surface area contributed by atoms with Crippen molar-refractivity contribution in [2.45, 2.75) is 71.6 Å². The molecule has 22 heavy (non-hydrogen) atoms. The highest BCUT2D eigenvalue weighted by molar-refractivity contribution is 5.68. The van der Waals surface area contributed by atoms with Crippen LogP contribution in [0.4, 0.5) is 4.79 Å². The van der Waals surface area contributed by atoms with E-state index in [9.17, 15) is 4.79 Å². The van der Waals surface area contributed by atoms with Crippen LogP contribution >= 0.6 is 0 Å². The third-order valence-corrected chi connectivity index (χ3v) is 3.77. The second-order valence-electron chi connectivity index (χ2n) is 8.64. The lowest BCUT2D eigenvalue weighted by Gasteiger charge is -2.30. The largest absolute Gasteiger partial charge is 0.444 e. The molecule has 1 aliphatic rings. The molecule has 5 heteroatoms. The summed E-state index contributed by atoms with van der Waals surface area (Å²) in [5.74, 6) is 0. The molecule has 1 saturated carbocycles. The average Bonchev–Trinajstić information content (AvgIpc) is 2.69. The summed E-state index contributed by atoms with van der Waals surface area (Å²) in [6, 6.07) is 0.714. The molecule has 130 valence electrons. The van der Waals surface area contributed by atoms with Crippen molar-refractivity contribution in [3.8, 4) is 0 Å². The minimum absolute atomic E-state index is 0.226. The first-order chi connectivity index (χ1) is 9.97. The number of alkyl carbamates (subject to hydrolysis) is 1. The lowest BCUT2D eigenvalue weighted by molar-refractivity contribution is 0.0505. The number of ether oxygens (including phenoxy) is 1. The van der Waals surface area contributed by atoms with Gasteiger partial charge in [-0.2, -0.15) is 0 Å². The van der Waals surface area contributed by atoms with Crippen LogP contribution in [-0.4, -0.2) is 55.9 Å². The summed E-state index contributed by atoms with van der Waals surface area (Å²) in [5, 5.41) is 6.65. The fourth-order valence-corrected chi connectivity index (χ4v) is 3.10. The second-order valence-corrected chi connectivity index (χ2v) is 8.64. The molecule has 0 radical (unpaired) electrons. The minimum Gasteiger partial charge on any atom is -0.444 e. The van der Waals surface area contributed by atoms with Crippen molar-refractivity contribution in [3.63, 3.8) is 0 Å². The van der Waals surface area contributed by atoms with Crippen molar-refractivity contribution < 1.29 is 9.53 Å². The van der Waals surface area contributed by atoms with E-state index in [0.29, 0.717) is 6.04 Å². The van der Waals surface area contributed by atoms with E-state index in [4.69, 9.17) is 4.74 Å². The van der Waals surface area contributed by atoms with Gasteiger partial charge in [0.1, 0.15) is 5.60 Å². The maximum absolute atomic E-state index is 11.8. The van der Waals surface area contributed by atoms with E-state index >= 15 is 0 Å². The van der Waals surface area contributed by atoms with Gasteiger partial charge in [-0.05, 0) is 59.5 Å². The number of hydrogen-bond acceptors (Lipinski definition) is 4. The summed E-state index contributed by atoms with van der Waals surface area (Å²) in [5.41, 5.74) is -0.184. The fourth-order valence-electron chi connectivity index (χ4n) is 3.10. The molecule has 2 N–H and O–H groups in total. The molecule has 1 fully saturated rings. The Hall–Kier alpha value is -0.810. The zero-order valence-corrected chi connectivity index (χ0v) is 15.5. The summed E-state index contributed by atoms with van der Waals surface area (Å²) in [7, 11) is 4.22. The summed E-state index contributed by atoms with van der Waals surface area (Å²) in [4.78, 5) is 14.0. The molecule has 0 saturated heterocycles. The van der Waals surface area contributed by atoms with Crippen LogP contribution in [0.3, 0.4) is 0 Å². The van der Waals surface area contributed by atoms with Crippen molar-refractivity contribution in [2.75, 3.05) is 27.2 Å². The Morgan fingerprint density at radius 1 is 1.14 bits per heavy atom. The normalized spacial score (nSPS) is 22.9. The Morgan fingerprint density at radius 3 is 2.27 bits per heavy atom. The number of nitrogens with zero attached hydrogens (tertiary/aromatic N) is 1. The Bertz CT molecular complexity index is 361. The first-order valence-corrected chi connectivity index (χ1v) is 8.34. The van der Waals surface area contributed by atoms with Gasteiger partial charge in [-0.25, -0.2) is 4.79 Å². The van der Waals surface area contributed by atoms with Gasteiger partial charge in [0.15, 0.2) is 0 Å². The number of hydrogen-bond donors (Lipinski definition) is 2. The molecular formula is C17H35N3O2. The monoisotopic (exact) mass is 313 g/mol. The molecule has 1 amide bonds. The summed E-state index contributed by atoms with van der Waals surface area (Å²) in [6.07, 6.45) is 2.81. The Labute approximate surface area is 136 Å². The number of rotatable bonds is 6. The van der Waals surface area contributed by atoms with Crippen molar-refractivity contribution in [1.82, 2.24) is 15.5 Å². The minimum atomic E-state index is -0.434. The first kappa shape index (κ1) is 19.2. The van der Waals surface area contributed by atoms with Gasteiger partial charge < -0.3 is 20.3 Å². The molecule has 0 heterocycles. The number of nitrogens with one attached hydrogen (secondary N) is 2. The highest BCUT2D eigenvalue weighted by Crippen LogP contribution is 2.22. The zero-order chi connectivity index (χ0) is 17.0. The quantitative estimate of drug-likeness (QED) is 0.791. The van der Waals surface area contributed by atoms with E-state index in [1.54, 1.807) is 0 Å². The van der Waals surface area contributed by atoms with Crippen molar-refractivity contribution >= 4 is 6.09 Å². The van der Waals surface area contributed by atoms with Crippen LogP contribution in [0.2, 0.25) is 0 Å². The standard InChI is InChI=1S/C17H35N3O2/c1-16(2,3)22-15(21)19-14-9-8-13(10-14)18-11-17(4,5)12-20(6)7/h13-14,18H,8-12H2,1-7H3,(H,19,21). The van der Waals surface area contributed by atoms with Crippen LogP contribution in [0.25, 0.3) is 0 Å². The van der Waals surface area contributed by atoms with E-state index in [1.165, 1.54) is 0 Å². The number of amides is 1. The van der Waals surface area contributed by atoms with Crippen LogP contribution in [-0.2, 0) is 4.74 Å².